The van der Waals surface area contributed by atoms with Crippen LogP contribution in [0.4, 0.5) is 4.79 Å². The van der Waals surface area contributed by atoms with Gasteiger partial charge in [0, 0.05) is 25.8 Å². The molecule has 14 nitrogen and oxygen atoms in total. The Morgan fingerprint density at radius 2 is 1.69 bits per heavy atom. The molecule has 61 heavy (non-hydrogen) atoms. The number of alkyl carbamates (subject to hydrolysis) is 1. The smallest absolute Gasteiger partial charge is 0.407 e. The van der Waals surface area contributed by atoms with Gasteiger partial charge in [-0.15, -0.1) is 11.3 Å². The first-order valence-corrected chi connectivity index (χ1v) is 22.1. The van der Waals surface area contributed by atoms with Gasteiger partial charge in [0.05, 0.1) is 39.3 Å². The molecule has 1 aliphatic heterocycles. The highest BCUT2D eigenvalue weighted by Gasteiger charge is 2.44. The molecule has 4 rings (SSSR count). The van der Waals surface area contributed by atoms with Crippen molar-refractivity contribution in [2.75, 3.05) is 13.2 Å². The molecular weight excluding hydrogens is 820 g/mol. The van der Waals surface area contributed by atoms with E-state index in [0.29, 0.717) is 23.6 Å². The standard InChI is InChI=1S/C45H63ClN6O8S/c1-27(30-15-17-31(18-16-30)39-28(2)48-26-61-39)49-41(56)35-23-33(53)24-52(35)42(57)40(44(3,4)5)51-38(55)13-11-9-10-12-29-14-20-34(46)36(22-29)59-25-32(19-21-37(47)54)50-43(58)60-45(6,7)8/h14-18,20,22,26-27,32-33,35,40,53H,9-13,19,21,23-25H2,1-8H3,(H2,47,54)(H,49,56)(H,50,58)(H,51,55)/t27-,32-,33+,35-,40+/m0/s1. The van der Waals surface area contributed by atoms with E-state index in [4.69, 9.17) is 26.8 Å². The number of likely N-dealkylation sites (tertiary alicyclic amines) is 1. The van der Waals surface area contributed by atoms with Crippen LogP contribution in [0.3, 0.4) is 0 Å². The molecular formula is C45H63ClN6O8S. The third-order valence-electron chi connectivity index (χ3n) is 10.3. The van der Waals surface area contributed by atoms with E-state index in [1.807, 2.05) is 76.5 Å². The van der Waals surface area contributed by atoms with Gasteiger partial charge in [-0.25, -0.2) is 9.78 Å². The van der Waals surface area contributed by atoms with Gasteiger partial charge < -0.3 is 41.2 Å². The summed E-state index contributed by atoms with van der Waals surface area (Å²) in [6.45, 7) is 14.7. The van der Waals surface area contributed by atoms with Gasteiger partial charge in [0.1, 0.15) is 30.0 Å². The van der Waals surface area contributed by atoms with Crippen molar-refractivity contribution in [3.63, 3.8) is 0 Å². The number of unbranched alkanes of at least 4 members (excludes halogenated alkanes) is 2. The molecule has 5 atom stereocenters. The summed E-state index contributed by atoms with van der Waals surface area (Å²) in [5, 5.41) is 19.7. The predicted octanol–water partition coefficient (Wildman–Crippen LogP) is 6.78. The Hall–Kier alpha value is -4.73. The van der Waals surface area contributed by atoms with Crippen LogP contribution >= 0.6 is 22.9 Å². The lowest BCUT2D eigenvalue weighted by Gasteiger charge is -2.35. The number of amides is 5. The summed E-state index contributed by atoms with van der Waals surface area (Å²) in [5.74, 6) is -1.11. The molecule has 1 aliphatic rings. The number of rotatable bonds is 19. The number of aromatic nitrogens is 1. The highest BCUT2D eigenvalue weighted by Crippen LogP contribution is 2.30. The largest absolute Gasteiger partial charge is 0.490 e. The average molecular weight is 884 g/mol. The lowest BCUT2D eigenvalue weighted by molar-refractivity contribution is -0.144. The Bertz CT molecular complexity index is 1980. The number of carbonyl (C=O) groups is 5. The van der Waals surface area contributed by atoms with Gasteiger partial charge in [0.2, 0.25) is 23.6 Å². The zero-order valence-electron chi connectivity index (χ0n) is 36.6. The number of β-amino-alcohol motifs (C(OH)–C–C–N with tert-alkyl or cyclic N) is 1. The molecule has 0 radical (unpaired) electrons. The van der Waals surface area contributed by atoms with Gasteiger partial charge in [-0.3, -0.25) is 19.2 Å². The van der Waals surface area contributed by atoms with Crippen molar-refractivity contribution in [2.45, 2.75) is 143 Å². The van der Waals surface area contributed by atoms with Crippen molar-refractivity contribution >= 4 is 52.7 Å². The molecule has 1 aromatic heterocycles. The maximum absolute atomic E-state index is 14.1. The molecule has 0 aliphatic carbocycles. The van der Waals surface area contributed by atoms with Crippen molar-refractivity contribution in [3.8, 4) is 16.2 Å². The SMILES string of the molecule is Cc1ncsc1-c1ccc([C@H](C)NC(=O)[C@@H]2C[C@@H](O)CN2C(=O)[C@@H](NC(=O)CCCCCc2ccc(Cl)c(OC[C@H](CCC(N)=O)NC(=O)OC(C)(C)C)c2)C(C)(C)C)cc1. The minimum atomic E-state index is -0.914. The van der Waals surface area contributed by atoms with Gasteiger partial charge >= 0.3 is 6.09 Å². The monoisotopic (exact) mass is 882 g/mol. The van der Waals surface area contributed by atoms with Crippen molar-refractivity contribution in [1.29, 1.82) is 0 Å². The number of nitrogens with one attached hydrogen (secondary N) is 3. The number of hydrogen-bond acceptors (Lipinski definition) is 10. The van der Waals surface area contributed by atoms with Gasteiger partial charge in [-0.2, -0.15) is 0 Å². The molecule has 1 fully saturated rings. The summed E-state index contributed by atoms with van der Waals surface area (Å²) in [5.41, 5.74) is 9.66. The molecule has 5 amide bonds. The number of aliphatic hydroxyl groups excluding tert-OH is 1. The van der Waals surface area contributed by atoms with E-state index in [1.165, 1.54) is 4.90 Å². The quantitative estimate of drug-likeness (QED) is 0.0805. The fourth-order valence-electron chi connectivity index (χ4n) is 7.03. The molecule has 0 bridgehead atoms. The van der Waals surface area contributed by atoms with Gasteiger partial charge in [-0.1, -0.05) is 69.1 Å². The number of thiazole rings is 1. The van der Waals surface area contributed by atoms with Crippen LogP contribution in [-0.2, 0) is 30.3 Å². The van der Waals surface area contributed by atoms with Crippen LogP contribution in [0.5, 0.6) is 5.75 Å². The van der Waals surface area contributed by atoms with E-state index in [9.17, 15) is 29.1 Å². The van der Waals surface area contributed by atoms with Gasteiger partial charge in [-0.05, 0) is 94.5 Å². The van der Waals surface area contributed by atoms with Crippen LogP contribution in [-0.4, -0.2) is 87.7 Å². The van der Waals surface area contributed by atoms with E-state index >= 15 is 0 Å². The molecule has 1 saturated heterocycles. The first-order chi connectivity index (χ1) is 28.6. The summed E-state index contributed by atoms with van der Waals surface area (Å²) in [4.78, 5) is 71.7. The lowest BCUT2D eigenvalue weighted by atomic mass is 9.85. The Morgan fingerprint density at radius 1 is 0.984 bits per heavy atom. The maximum Gasteiger partial charge on any atom is 0.407 e. The number of carbonyl (C=O) groups excluding carboxylic acids is 5. The van der Waals surface area contributed by atoms with E-state index in [2.05, 4.69) is 20.9 Å². The molecule has 2 aromatic carbocycles. The van der Waals surface area contributed by atoms with Crippen molar-refractivity contribution < 1.29 is 38.6 Å². The number of aryl methyl sites for hydroxylation is 2. The molecule has 2 heterocycles. The van der Waals surface area contributed by atoms with Gasteiger partial charge in [0.15, 0.2) is 0 Å². The van der Waals surface area contributed by atoms with Gasteiger partial charge in [0.25, 0.3) is 0 Å². The lowest BCUT2D eigenvalue weighted by Crippen LogP contribution is -2.57. The average Bonchev–Trinajstić information content (AvgIpc) is 3.79. The predicted molar refractivity (Wildman–Crippen MR) is 237 cm³/mol. The third-order valence-corrected chi connectivity index (χ3v) is 11.6. The molecule has 16 heteroatoms. The number of halogens is 1. The second kappa shape index (κ2) is 21.9. The molecule has 0 spiro atoms. The van der Waals surface area contributed by atoms with Crippen molar-refractivity contribution in [3.05, 3.63) is 69.8 Å². The zero-order valence-corrected chi connectivity index (χ0v) is 38.2. The summed E-state index contributed by atoms with van der Waals surface area (Å²) in [7, 11) is 0. The molecule has 6 N–H and O–H groups in total. The summed E-state index contributed by atoms with van der Waals surface area (Å²) in [6, 6.07) is 10.7. The van der Waals surface area contributed by atoms with E-state index < -0.39 is 53.2 Å². The summed E-state index contributed by atoms with van der Waals surface area (Å²) >= 11 is 8.01. The fourth-order valence-corrected chi connectivity index (χ4v) is 8.02. The van der Waals surface area contributed by atoms with Crippen LogP contribution in [0, 0.1) is 12.3 Å². The number of aliphatic hydroxyl groups is 1. The first kappa shape index (κ1) is 48.9. The van der Waals surface area contributed by atoms with Crippen molar-refractivity contribution in [2.24, 2.45) is 11.1 Å². The second-order valence-corrected chi connectivity index (χ2v) is 19.1. The fraction of sp³-hybridized carbons (Fsp3) is 0.556. The summed E-state index contributed by atoms with van der Waals surface area (Å²) < 4.78 is 11.3. The second-order valence-electron chi connectivity index (χ2n) is 17.9. The van der Waals surface area contributed by atoms with Crippen LogP contribution in [0.15, 0.2) is 48.0 Å². The van der Waals surface area contributed by atoms with E-state index in [0.717, 1.165) is 40.1 Å². The molecule has 0 unspecified atom stereocenters. The molecule has 3 aromatic rings. The van der Waals surface area contributed by atoms with Crippen LogP contribution in [0.1, 0.15) is 116 Å². The normalized spacial score (nSPS) is 16.9. The minimum absolute atomic E-state index is 0.00700. The highest BCUT2D eigenvalue weighted by molar-refractivity contribution is 7.13. The minimum Gasteiger partial charge on any atom is -0.490 e. The first-order valence-electron chi connectivity index (χ1n) is 20.9. The summed E-state index contributed by atoms with van der Waals surface area (Å²) in [6.07, 6.45) is 1.90. The Labute approximate surface area is 368 Å². The van der Waals surface area contributed by atoms with E-state index in [1.54, 1.807) is 38.2 Å². The topological polar surface area (TPSA) is 202 Å². The number of benzene rings is 2. The maximum atomic E-state index is 14.1. The van der Waals surface area contributed by atoms with Crippen LogP contribution in [0.25, 0.3) is 10.4 Å². The third kappa shape index (κ3) is 15.3. The van der Waals surface area contributed by atoms with Crippen LogP contribution < -0.4 is 26.4 Å². The Kier molecular flexibility index (Phi) is 17.5. The Morgan fingerprint density at radius 3 is 2.31 bits per heavy atom. The number of nitrogens with zero attached hydrogens (tertiary/aromatic N) is 2. The number of primary amides is 1. The van der Waals surface area contributed by atoms with Crippen LogP contribution in [0.2, 0.25) is 5.02 Å². The Balaban J connectivity index is 1.27. The van der Waals surface area contributed by atoms with Crippen molar-refractivity contribution in [1.82, 2.24) is 25.8 Å². The number of nitrogens with two attached hydrogens (primary N) is 1. The highest BCUT2D eigenvalue weighted by atomic mass is 35.5. The molecule has 0 saturated carbocycles. The number of ether oxygens (including phenoxy) is 2. The van der Waals surface area contributed by atoms with E-state index in [-0.39, 0.29) is 56.7 Å². The number of hydrogen-bond donors (Lipinski definition) is 5. The zero-order chi connectivity index (χ0) is 45.1. The molecule has 334 valence electrons.